The molecule has 0 aliphatic heterocycles. The summed E-state index contributed by atoms with van der Waals surface area (Å²) < 4.78 is 0. The van der Waals surface area contributed by atoms with Gasteiger partial charge in [-0.05, 0) is 49.4 Å². The predicted molar refractivity (Wildman–Crippen MR) is 78.7 cm³/mol. The molecule has 0 aromatic heterocycles. The van der Waals surface area contributed by atoms with Crippen LogP contribution >= 0.6 is 0 Å². The minimum absolute atomic E-state index is 0.202. The van der Waals surface area contributed by atoms with Crippen molar-refractivity contribution in [1.82, 2.24) is 5.32 Å². The molecule has 0 spiro atoms. The summed E-state index contributed by atoms with van der Waals surface area (Å²) in [7, 11) is 0. The van der Waals surface area contributed by atoms with Gasteiger partial charge >= 0.3 is 6.03 Å². The number of primary amides is 1. The molecule has 5 nitrogen and oxygen atoms in total. The predicted octanol–water partition coefficient (Wildman–Crippen LogP) is 2.41. The number of urea groups is 1. The number of nitrogens with two attached hydrogens (primary N) is 1. The van der Waals surface area contributed by atoms with Gasteiger partial charge in [0.15, 0.2) is 0 Å². The first-order valence-corrected chi connectivity index (χ1v) is 7.01. The molecule has 1 aromatic carbocycles. The molecule has 1 fully saturated rings. The van der Waals surface area contributed by atoms with Crippen molar-refractivity contribution in [2.24, 2.45) is 11.7 Å². The molecular weight excluding hydrogens is 254 g/mol. The van der Waals surface area contributed by atoms with Crippen molar-refractivity contribution in [3.8, 4) is 0 Å². The highest BCUT2D eigenvalue weighted by molar-refractivity contribution is 5.95. The average molecular weight is 275 g/mol. The Bertz CT molecular complexity index is 508. The molecule has 108 valence electrons. The van der Waals surface area contributed by atoms with E-state index < -0.39 is 5.91 Å². The van der Waals surface area contributed by atoms with E-state index in [9.17, 15) is 9.59 Å². The normalized spacial score (nSPS) is 15.1. The topological polar surface area (TPSA) is 84.2 Å². The molecule has 0 saturated heterocycles. The fraction of sp³-hybridized carbons (Fsp3) is 0.467. The summed E-state index contributed by atoms with van der Waals surface area (Å²) in [6, 6.07) is 4.79. The highest BCUT2D eigenvalue weighted by Crippen LogP contribution is 2.23. The van der Waals surface area contributed by atoms with E-state index in [1.165, 1.54) is 25.7 Å². The molecule has 3 amide bonds. The number of hydrogen-bond acceptors (Lipinski definition) is 2. The molecule has 0 atom stereocenters. The minimum atomic E-state index is -0.467. The Balaban J connectivity index is 1.88. The van der Waals surface area contributed by atoms with E-state index in [-0.39, 0.29) is 6.03 Å². The lowest BCUT2D eigenvalue weighted by molar-refractivity contribution is 0.1000. The Hall–Kier alpha value is -2.04. The molecule has 0 unspecified atom stereocenters. The number of nitrogens with one attached hydrogen (secondary N) is 2. The van der Waals surface area contributed by atoms with Crippen LogP contribution < -0.4 is 16.4 Å². The van der Waals surface area contributed by atoms with Gasteiger partial charge in [0.1, 0.15) is 0 Å². The number of anilines is 1. The summed E-state index contributed by atoms with van der Waals surface area (Å²) in [5.41, 5.74) is 7.17. The van der Waals surface area contributed by atoms with E-state index in [4.69, 9.17) is 5.73 Å². The maximum absolute atomic E-state index is 11.8. The molecule has 4 N–H and O–H groups in total. The van der Waals surface area contributed by atoms with Crippen LogP contribution in [0.5, 0.6) is 0 Å². The quantitative estimate of drug-likeness (QED) is 0.788. The smallest absolute Gasteiger partial charge is 0.319 e. The molecule has 1 aliphatic carbocycles. The van der Waals surface area contributed by atoms with Crippen molar-refractivity contribution in [2.75, 3.05) is 11.9 Å². The Labute approximate surface area is 118 Å². The van der Waals surface area contributed by atoms with Gasteiger partial charge in [0.25, 0.3) is 0 Å². The molecule has 0 heterocycles. The second-order valence-corrected chi connectivity index (χ2v) is 5.38. The lowest BCUT2D eigenvalue weighted by Gasteiger charge is -2.13. The number of benzene rings is 1. The Kier molecular flexibility index (Phi) is 4.61. The van der Waals surface area contributed by atoms with Gasteiger partial charge in [-0.15, -0.1) is 0 Å². The second kappa shape index (κ2) is 6.41. The van der Waals surface area contributed by atoms with Crippen LogP contribution in [0.25, 0.3) is 0 Å². The molecule has 5 heteroatoms. The second-order valence-electron chi connectivity index (χ2n) is 5.38. The third-order valence-electron chi connectivity index (χ3n) is 3.79. The lowest BCUT2D eigenvalue weighted by atomic mass is 10.1. The van der Waals surface area contributed by atoms with Gasteiger partial charge in [-0.3, -0.25) is 4.79 Å². The fourth-order valence-electron chi connectivity index (χ4n) is 2.58. The van der Waals surface area contributed by atoms with Gasteiger partial charge < -0.3 is 16.4 Å². The van der Waals surface area contributed by atoms with E-state index in [1.807, 2.05) is 6.92 Å². The minimum Gasteiger partial charge on any atom is -0.366 e. The monoisotopic (exact) mass is 275 g/mol. The number of carbonyl (C=O) groups is 2. The van der Waals surface area contributed by atoms with Crippen LogP contribution in [0.15, 0.2) is 18.2 Å². The number of aryl methyl sites for hydroxylation is 1. The van der Waals surface area contributed by atoms with Crippen LogP contribution in [0.2, 0.25) is 0 Å². The first kappa shape index (κ1) is 14.4. The van der Waals surface area contributed by atoms with Crippen molar-refractivity contribution >= 4 is 17.6 Å². The van der Waals surface area contributed by atoms with Gasteiger partial charge in [0, 0.05) is 17.8 Å². The first-order chi connectivity index (χ1) is 9.56. The maximum atomic E-state index is 11.8. The molecule has 0 radical (unpaired) electrons. The van der Waals surface area contributed by atoms with E-state index >= 15 is 0 Å². The Morgan fingerprint density at radius 2 is 2.00 bits per heavy atom. The summed E-state index contributed by atoms with van der Waals surface area (Å²) in [6.07, 6.45) is 4.93. The van der Waals surface area contributed by atoms with Crippen LogP contribution in [0.3, 0.4) is 0 Å². The zero-order chi connectivity index (χ0) is 14.5. The molecule has 1 aromatic rings. The van der Waals surface area contributed by atoms with Crippen molar-refractivity contribution in [3.05, 3.63) is 29.3 Å². The largest absolute Gasteiger partial charge is 0.366 e. The van der Waals surface area contributed by atoms with Crippen LogP contribution in [0.1, 0.15) is 41.6 Å². The van der Waals surface area contributed by atoms with Crippen LogP contribution in [-0.2, 0) is 0 Å². The van der Waals surface area contributed by atoms with Gasteiger partial charge in [-0.1, -0.05) is 12.8 Å². The molecule has 1 saturated carbocycles. The summed E-state index contributed by atoms with van der Waals surface area (Å²) in [5, 5.41) is 5.69. The Morgan fingerprint density at radius 3 is 2.60 bits per heavy atom. The summed E-state index contributed by atoms with van der Waals surface area (Å²) in [5.74, 6) is 0.143. The van der Waals surface area contributed by atoms with Crippen LogP contribution in [0.4, 0.5) is 10.5 Å². The van der Waals surface area contributed by atoms with E-state index in [1.54, 1.807) is 18.2 Å². The maximum Gasteiger partial charge on any atom is 0.319 e. The first-order valence-electron chi connectivity index (χ1n) is 7.01. The molecule has 1 aliphatic rings. The van der Waals surface area contributed by atoms with E-state index in [0.717, 1.165) is 12.1 Å². The third kappa shape index (κ3) is 3.73. The number of amides is 3. The molecule has 20 heavy (non-hydrogen) atoms. The zero-order valence-electron chi connectivity index (χ0n) is 11.7. The lowest BCUT2D eigenvalue weighted by Crippen LogP contribution is -2.32. The summed E-state index contributed by atoms with van der Waals surface area (Å²) in [6.45, 7) is 2.56. The van der Waals surface area contributed by atoms with Crippen molar-refractivity contribution < 1.29 is 9.59 Å². The zero-order valence-corrected chi connectivity index (χ0v) is 11.7. The highest BCUT2D eigenvalue weighted by atomic mass is 16.2. The Morgan fingerprint density at radius 1 is 1.30 bits per heavy atom. The highest BCUT2D eigenvalue weighted by Gasteiger charge is 2.15. The van der Waals surface area contributed by atoms with E-state index in [2.05, 4.69) is 10.6 Å². The van der Waals surface area contributed by atoms with Gasteiger partial charge in [-0.25, -0.2) is 4.79 Å². The van der Waals surface area contributed by atoms with Crippen molar-refractivity contribution in [1.29, 1.82) is 0 Å². The summed E-state index contributed by atoms with van der Waals surface area (Å²) in [4.78, 5) is 22.9. The van der Waals surface area contributed by atoms with Crippen molar-refractivity contribution in [2.45, 2.75) is 32.6 Å². The van der Waals surface area contributed by atoms with E-state index in [0.29, 0.717) is 17.2 Å². The third-order valence-corrected chi connectivity index (χ3v) is 3.79. The summed E-state index contributed by atoms with van der Waals surface area (Å²) >= 11 is 0. The fourth-order valence-corrected chi connectivity index (χ4v) is 2.58. The molecule has 2 rings (SSSR count). The molecule has 0 bridgehead atoms. The molecular formula is C15H21N3O2. The number of hydrogen-bond donors (Lipinski definition) is 3. The van der Waals surface area contributed by atoms with Gasteiger partial charge in [-0.2, -0.15) is 0 Å². The SMILES string of the molecule is Cc1cc(C(N)=O)ccc1NC(=O)NCC1CCCC1. The van der Waals surface area contributed by atoms with Gasteiger partial charge in [0.2, 0.25) is 5.91 Å². The van der Waals surface area contributed by atoms with Gasteiger partial charge in [0.05, 0.1) is 0 Å². The van der Waals surface area contributed by atoms with Crippen molar-refractivity contribution in [3.63, 3.8) is 0 Å². The number of carbonyl (C=O) groups excluding carboxylic acids is 2. The van der Waals surface area contributed by atoms with Crippen LogP contribution in [-0.4, -0.2) is 18.5 Å². The van der Waals surface area contributed by atoms with Crippen LogP contribution in [0, 0.1) is 12.8 Å². The standard InChI is InChI=1S/C15H21N3O2/c1-10-8-12(14(16)19)6-7-13(10)18-15(20)17-9-11-4-2-3-5-11/h6-8,11H,2-5,9H2,1H3,(H2,16,19)(H2,17,18,20). The number of rotatable bonds is 4. The average Bonchev–Trinajstić information content (AvgIpc) is 2.91.